The average Bonchev–Trinajstić information content (AvgIpc) is 3.36. The summed E-state index contributed by atoms with van der Waals surface area (Å²) in [6.45, 7) is 1.59. The van der Waals surface area contributed by atoms with Crippen LogP contribution in [-0.4, -0.2) is 28.6 Å². The first-order valence-electron chi connectivity index (χ1n) is 8.68. The van der Waals surface area contributed by atoms with Gasteiger partial charge in [-0.15, -0.1) is 11.3 Å². The molecule has 1 aliphatic rings. The van der Waals surface area contributed by atoms with Crippen LogP contribution in [0.4, 0.5) is 4.79 Å². The van der Waals surface area contributed by atoms with E-state index < -0.39 is 0 Å². The fourth-order valence-corrected chi connectivity index (χ4v) is 4.26. The molecule has 0 atom stereocenters. The van der Waals surface area contributed by atoms with Crippen LogP contribution >= 0.6 is 34.5 Å². The SMILES string of the molecule is O=C(N=c1sccn1-c1ccc(-c2cccc(Cl)c2Cl)cc1)N1CCCC1. The van der Waals surface area contributed by atoms with Gasteiger partial charge in [-0.2, -0.15) is 4.99 Å². The van der Waals surface area contributed by atoms with E-state index in [9.17, 15) is 4.79 Å². The van der Waals surface area contributed by atoms with Crippen LogP contribution in [0.1, 0.15) is 12.8 Å². The highest BCUT2D eigenvalue weighted by atomic mass is 35.5. The Morgan fingerprint density at radius 3 is 2.52 bits per heavy atom. The number of halogens is 2. The Morgan fingerprint density at radius 2 is 1.78 bits per heavy atom. The molecule has 2 amide bonds. The van der Waals surface area contributed by atoms with Gasteiger partial charge in [0.05, 0.1) is 10.0 Å². The summed E-state index contributed by atoms with van der Waals surface area (Å²) in [5.74, 6) is 0. The van der Waals surface area contributed by atoms with Gasteiger partial charge in [0.2, 0.25) is 0 Å². The molecule has 0 radical (unpaired) electrons. The maximum absolute atomic E-state index is 12.3. The Bertz CT molecular complexity index is 1030. The lowest BCUT2D eigenvalue weighted by Crippen LogP contribution is -2.27. The van der Waals surface area contributed by atoms with Gasteiger partial charge in [0.1, 0.15) is 0 Å². The first-order valence-corrected chi connectivity index (χ1v) is 10.3. The number of hydrogen-bond donors (Lipinski definition) is 0. The van der Waals surface area contributed by atoms with Gasteiger partial charge in [0, 0.05) is 35.9 Å². The second-order valence-corrected chi connectivity index (χ2v) is 7.95. The Morgan fingerprint density at radius 1 is 1.04 bits per heavy atom. The fraction of sp³-hybridized carbons (Fsp3) is 0.200. The van der Waals surface area contributed by atoms with Crippen LogP contribution in [0.25, 0.3) is 16.8 Å². The number of carbonyl (C=O) groups excluding carboxylic acids is 1. The van der Waals surface area contributed by atoms with Crippen molar-refractivity contribution in [3.8, 4) is 16.8 Å². The van der Waals surface area contributed by atoms with Gasteiger partial charge in [-0.3, -0.25) is 4.57 Å². The first-order chi connectivity index (χ1) is 13.1. The van der Waals surface area contributed by atoms with E-state index in [4.69, 9.17) is 23.2 Å². The molecule has 0 unspecified atom stereocenters. The molecule has 4 nitrogen and oxygen atoms in total. The molecule has 0 aliphatic carbocycles. The molecule has 1 fully saturated rings. The Balaban J connectivity index is 1.65. The third kappa shape index (κ3) is 3.81. The number of aromatic nitrogens is 1. The van der Waals surface area contributed by atoms with E-state index in [1.807, 2.05) is 52.5 Å². The van der Waals surface area contributed by atoms with Gasteiger partial charge in [-0.1, -0.05) is 47.5 Å². The molecule has 2 aromatic carbocycles. The van der Waals surface area contributed by atoms with Crippen molar-refractivity contribution in [1.29, 1.82) is 0 Å². The Kier molecular flexibility index (Phi) is 5.34. The van der Waals surface area contributed by atoms with Crippen molar-refractivity contribution in [3.05, 3.63) is 68.9 Å². The minimum absolute atomic E-state index is 0.161. The van der Waals surface area contributed by atoms with Crippen molar-refractivity contribution in [2.45, 2.75) is 12.8 Å². The lowest BCUT2D eigenvalue weighted by atomic mass is 10.1. The number of nitrogens with zero attached hydrogens (tertiary/aromatic N) is 3. The maximum Gasteiger partial charge on any atom is 0.346 e. The van der Waals surface area contributed by atoms with Gasteiger partial charge in [-0.05, 0) is 36.6 Å². The number of thiazole rings is 1. The fourth-order valence-electron chi connectivity index (χ4n) is 3.14. The number of benzene rings is 2. The summed E-state index contributed by atoms with van der Waals surface area (Å²) in [5.41, 5.74) is 2.81. The minimum Gasteiger partial charge on any atom is -0.323 e. The van der Waals surface area contributed by atoms with Crippen LogP contribution < -0.4 is 4.80 Å². The molecule has 7 heteroatoms. The van der Waals surface area contributed by atoms with Crippen molar-refractivity contribution < 1.29 is 4.79 Å². The van der Waals surface area contributed by atoms with Gasteiger partial charge < -0.3 is 4.90 Å². The summed E-state index contributed by atoms with van der Waals surface area (Å²) < 4.78 is 1.92. The van der Waals surface area contributed by atoms with E-state index in [0.29, 0.717) is 14.8 Å². The molecular weight excluding hydrogens is 401 g/mol. The molecule has 3 aromatic rings. The molecule has 0 saturated carbocycles. The normalized spacial score (nSPS) is 14.7. The zero-order chi connectivity index (χ0) is 18.8. The number of hydrogen-bond acceptors (Lipinski definition) is 2. The van der Waals surface area contributed by atoms with Crippen molar-refractivity contribution in [2.75, 3.05) is 13.1 Å². The summed E-state index contributed by atoms with van der Waals surface area (Å²) in [4.78, 5) is 19.1. The summed E-state index contributed by atoms with van der Waals surface area (Å²) in [6, 6.07) is 13.4. The average molecular weight is 418 g/mol. The molecular formula is C20H17Cl2N3OS. The highest BCUT2D eigenvalue weighted by molar-refractivity contribution is 7.07. The summed E-state index contributed by atoms with van der Waals surface area (Å²) in [6.07, 6.45) is 4.03. The van der Waals surface area contributed by atoms with Gasteiger partial charge in [-0.25, -0.2) is 4.79 Å². The number of likely N-dealkylation sites (tertiary alicyclic amines) is 1. The van der Waals surface area contributed by atoms with E-state index in [-0.39, 0.29) is 6.03 Å². The number of amides is 2. The number of urea groups is 1. The van der Waals surface area contributed by atoms with Gasteiger partial charge >= 0.3 is 6.03 Å². The van der Waals surface area contributed by atoms with Crippen LogP contribution in [-0.2, 0) is 0 Å². The predicted octanol–water partition coefficient (Wildman–Crippen LogP) is 5.63. The van der Waals surface area contributed by atoms with E-state index in [2.05, 4.69) is 4.99 Å². The third-order valence-electron chi connectivity index (χ3n) is 4.57. The largest absolute Gasteiger partial charge is 0.346 e. The van der Waals surface area contributed by atoms with Crippen molar-refractivity contribution >= 4 is 40.6 Å². The maximum atomic E-state index is 12.3. The zero-order valence-electron chi connectivity index (χ0n) is 14.4. The highest BCUT2D eigenvalue weighted by Gasteiger charge is 2.17. The van der Waals surface area contributed by atoms with E-state index in [1.54, 1.807) is 11.0 Å². The summed E-state index contributed by atoms with van der Waals surface area (Å²) >= 11 is 13.9. The summed E-state index contributed by atoms with van der Waals surface area (Å²) in [7, 11) is 0. The second-order valence-electron chi connectivity index (χ2n) is 6.29. The Labute approximate surface area is 171 Å². The number of carbonyl (C=O) groups is 1. The second kappa shape index (κ2) is 7.89. The van der Waals surface area contributed by atoms with Crippen LogP contribution in [0, 0.1) is 0 Å². The zero-order valence-corrected chi connectivity index (χ0v) is 16.8. The monoisotopic (exact) mass is 417 g/mol. The van der Waals surface area contributed by atoms with Crippen LogP contribution in [0.2, 0.25) is 10.0 Å². The molecule has 0 N–H and O–H groups in total. The third-order valence-corrected chi connectivity index (χ3v) is 6.14. The smallest absolute Gasteiger partial charge is 0.323 e. The lowest BCUT2D eigenvalue weighted by molar-refractivity contribution is 0.218. The first kappa shape index (κ1) is 18.3. The van der Waals surface area contributed by atoms with E-state index in [1.165, 1.54) is 11.3 Å². The van der Waals surface area contributed by atoms with Crippen LogP contribution in [0.5, 0.6) is 0 Å². The highest BCUT2D eigenvalue weighted by Crippen LogP contribution is 2.33. The van der Waals surface area contributed by atoms with Crippen LogP contribution in [0.15, 0.2) is 59.0 Å². The molecule has 138 valence electrons. The lowest BCUT2D eigenvalue weighted by Gasteiger charge is -2.11. The molecule has 0 spiro atoms. The van der Waals surface area contributed by atoms with Gasteiger partial charge in [0.25, 0.3) is 0 Å². The quantitative estimate of drug-likeness (QED) is 0.532. The van der Waals surface area contributed by atoms with E-state index in [0.717, 1.165) is 42.7 Å². The van der Waals surface area contributed by atoms with Crippen molar-refractivity contribution in [1.82, 2.24) is 9.47 Å². The predicted molar refractivity (Wildman–Crippen MR) is 111 cm³/mol. The van der Waals surface area contributed by atoms with Crippen molar-refractivity contribution in [3.63, 3.8) is 0 Å². The molecule has 27 heavy (non-hydrogen) atoms. The Hall–Kier alpha value is -2.08. The number of rotatable bonds is 2. The molecule has 4 rings (SSSR count). The topological polar surface area (TPSA) is 37.6 Å². The molecule has 0 bridgehead atoms. The minimum atomic E-state index is -0.161. The molecule has 1 aliphatic heterocycles. The van der Waals surface area contributed by atoms with Gasteiger partial charge in [0.15, 0.2) is 4.80 Å². The standard InChI is InChI=1S/C20H17Cl2N3OS/c21-17-5-3-4-16(18(17)22)14-6-8-15(9-7-14)25-12-13-27-20(25)23-19(26)24-10-1-2-11-24/h3-9,12-13H,1-2,10-11H2. The van der Waals surface area contributed by atoms with Crippen molar-refractivity contribution in [2.24, 2.45) is 4.99 Å². The summed E-state index contributed by atoms with van der Waals surface area (Å²) in [5, 5.41) is 3.01. The molecule has 1 aromatic heterocycles. The van der Waals surface area contributed by atoms with E-state index >= 15 is 0 Å². The van der Waals surface area contributed by atoms with Crippen LogP contribution in [0.3, 0.4) is 0 Å². The molecule has 1 saturated heterocycles. The molecule has 2 heterocycles.